The molecule has 0 spiro atoms. The van der Waals surface area contributed by atoms with Crippen LogP contribution in [0.1, 0.15) is 64.2 Å². The van der Waals surface area contributed by atoms with Gasteiger partial charge in [0.2, 0.25) is 0 Å². The van der Waals surface area contributed by atoms with Gasteiger partial charge in [0, 0.05) is 24.7 Å². The summed E-state index contributed by atoms with van der Waals surface area (Å²) in [4.78, 5) is 5.22. The summed E-state index contributed by atoms with van der Waals surface area (Å²) in [6.45, 7) is 4.19. The molecule has 1 saturated carbocycles. The minimum atomic E-state index is -0.204. The zero-order valence-corrected chi connectivity index (χ0v) is 14.1. The second-order valence-electron chi connectivity index (χ2n) is 7.68. The van der Waals surface area contributed by atoms with Gasteiger partial charge >= 0.3 is 0 Å². The fraction of sp³-hybridized carbons (Fsp3) is 1.00. The molecule has 0 amide bonds. The summed E-state index contributed by atoms with van der Waals surface area (Å²) in [6.07, 6.45) is 12.6. The Morgan fingerprint density at radius 1 is 0.909 bits per heavy atom. The maximum atomic E-state index is 10.1. The van der Waals surface area contributed by atoms with E-state index in [0.717, 1.165) is 25.9 Å². The number of rotatable bonds is 4. The number of piperidine rings is 2. The summed E-state index contributed by atoms with van der Waals surface area (Å²) < 4.78 is 0. The van der Waals surface area contributed by atoms with Crippen LogP contribution in [0.3, 0.4) is 0 Å². The Bertz CT molecular complexity index is 338. The Kier molecular flexibility index (Phi) is 5.77. The third-order valence-electron chi connectivity index (χ3n) is 6.37. The molecule has 1 aliphatic carbocycles. The van der Waals surface area contributed by atoms with Crippen molar-refractivity contribution < 1.29 is 10.2 Å². The molecule has 0 aromatic heterocycles. The number of β-amino-alcohol motifs (C(OH)–C–C–N with tert-alkyl or cyclic N) is 2. The van der Waals surface area contributed by atoms with Crippen molar-refractivity contribution >= 4 is 0 Å². The van der Waals surface area contributed by atoms with Gasteiger partial charge < -0.3 is 10.2 Å². The van der Waals surface area contributed by atoms with E-state index in [-0.39, 0.29) is 12.7 Å². The van der Waals surface area contributed by atoms with E-state index in [0.29, 0.717) is 11.6 Å². The third kappa shape index (κ3) is 3.35. The van der Waals surface area contributed by atoms with Gasteiger partial charge in [-0.2, -0.15) is 0 Å². The lowest BCUT2D eigenvalue weighted by molar-refractivity contribution is -0.0781. The molecule has 0 aromatic carbocycles. The molecule has 4 heteroatoms. The van der Waals surface area contributed by atoms with Gasteiger partial charge in [-0.05, 0) is 51.6 Å². The maximum absolute atomic E-state index is 10.1. The van der Waals surface area contributed by atoms with Crippen molar-refractivity contribution in [1.29, 1.82) is 0 Å². The average molecular weight is 310 g/mol. The standard InChI is InChI=1S/C18H34N2O2/c21-14-13-19-15-16(22)7-8-17(19)18(9-3-1-4-10-18)20-11-5-2-6-12-20/h16-17,21-22H,1-15H2. The number of aliphatic hydroxyl groups is 2. The predicted molar refractivity (Wildman–Crippen MR) is 88.9 cm³/mol. The molecule has 4 nitrogen and oxygen atoms in total. The summed E-state index contributed by atoms with van der Waals surface area (Å²) in [5.41, 5.74) is 0.313. The van der Waals surface area contributed by atoms with Crippen LogP contribution in [0, 0.1) is 0 Å². The van der Waals surface area contributed by atoms with Crippen LogP contribution in [0.5, 0.6) is 0 Å². The lowest BCUT2D eigenvalue weighted by Crippen LogP contribution is -2.66. The normalized spacial score (nSPS) is 34.6. The molecule has 2 N–H and O–H groups in total. The van der Waals surface area contributed by atoms with Gasteiger partial charge in [0.05, 0.1) is 12.7 Å². The van der Waals surface area contributed by atoms with Crippen LogP contribution in [-0.2, 0) is 0 Å². The fourth-order valence-electron chi connectivity index (χ4n) is 5.37. The van der Waals surface area contributed by atoms with E-state index >= 15 is 0 Å². The van der Waals surface area contributed by atoms with E-state index in [1.54, 1.807) is 0 Å². The Morgan fingerprint density at radius 2 is 1.59 bits per heavy atom. The van der Waals surface area contributed by atoms with Crippen molar-refractivity contribution in [2.75, 3.05) is 32.8 Å². The van der Waals surface area contributed by atoms with Gasteiger partial charge in [0.1, 0.15) is 0 Å². The third-order valence-corrected chi connectivity index (χ3v) is 6.37. The largest absolute Gasteiger partial charge is 0.395 e. The van der Waals surface area contributed by atoms with E-state index < -0.39 is 0 Å². The molecular formula is C18H34N2O2. The van der Waals surface area contributed by atoms with Crippen LogP contribution in [0.4, 0.5) is 0 Å². The summed E-state index contributed by atoms with van der Waals surface area (Å²) >= 11 is 0. The summed E-state index contributed by atoms with van der Waals surface area (Å²) in [5, 5.41) is 19.6. The maximum Gasteiger partial charge on any atom is 0.0667 e. The van der Waals surface area contributed by atoms with Gasteiger partial charge in [-0.3, -0.25) is 9.80 Å². The molecule has 3 rings (SSSR count). The van der Waals surface area contributed by atoms with Crippen molar-refractivity contribution in [3.05, 3.63) is 0 Å². The second-order valence-corrected chi connectivity index (χ2v) is 7.68. The molecule has 128 valence electrons. The lowest BCUT2D eigenvalue weighted by Gasteiger charge is -2.57. The number of likely N-dealkylation sites (tertiary alicyclic amines) is 2. The minimum Gasteiger partial charge on any atom is -0.395 e. The highest BCUT2D eigenvalue weighted by molar-refractivity contribution is 5.05. The first kappa shape index (κ1) is 16.7. The molecule has 3 fully saturated rings. The Balaban J connectivity index is 1.82. The number of aliphatic hydroxyl groups excluding tert-OH is 2. The highest BCUT2D eigenvalue weighted by atomic mass is 16.3. The molecule has 2 unspecified atom stereocenters. The van der Waals surface area contributed by atoms with Crippen LogP contribution in [-0.4, -0.2) is 70.5 Å². The Labute approximate surface area is 135 Å². The number of nitrogens with zero attached hydrogens (tertiary/aromatic N) is 2. The highest BCUT2D eigenvalue weighted by Crippen LogP contribution is 2.42. The molecule has 22 heavy (non-hydrogen) atoms. The second kappa shape index (κ2) is 7.61. The van der Waals surface area contributed by atoms with Gasteiger partial charge in [0.25, 0.3) is 0 Å². The molecule has 0 radical (unpaired) electrons. The fourth-order valence-corrected chi connectivity index (χ4v) is 5.37. The molecule has 2 atom stereocenters. The van der Waals surface area contributed by atoms with Gasteiger partial charge in [-0.1, -0.05) is 25.7 Å². The first-order chi connectivity index (χ1) is 10.8. The van der Waals surface area contributed by atoms with Crippen molar-refractivity contribution in [1.82, 2.24) is 9.80 Å². The Morgan fingerprint density at radius 3 is 2.27 bits per heavy atom. The number of hydrogen-bond acceptors (Lipinski definition) is 4. The minimum absolute atomic E-state index is 0.204. The van der Waals surface area contributed by atoms with Gasteiger partial charge in [-0.15, -0.1) is 0 Å². The SMILES string of the molecule is OCCN1CC(O)CCC1C1(N2CCCCC2)CCCCC1. The smallest absolute Gasteiger partial charge is 0.0667 e. The van der Waals surface area contributed by atoms with Crippen LogP contribution >= 0.6 is 0 Å². The van der Waals surface area contributed by atoms with Gasteiger partial charge in [0.15, 0.2) is 0 Å². The Hall–Kier alpha value is -0.160. The van der Waals surface area contributed by atoms with Crippen molar-refractivity contribution in [2.45, 2.75) is 81.9 Å². The lowest BCUT2D eigenvalue weighted by atomic mass is 9.71. The van der Waals surface area contributed by atoms with Crippen molar-refractivity contribution in [3.8, 4) is 0 Å². The van der Waals surface area contributed by atoms with Crippen LogP contribution in [0.15, 0.2) is 0 Å². The van der Waals surface area contributed by atoms with Crippen molar-refractivity contribution in [2.24, 2.45) is 0 Å². The molecule has 2 heterocycles. The average Bonchev–Trinajstić information content (AvgIpc) is 2.57. The molecule has 0 bridgehead atoms. The van der Waals surface area contributed by atoms with Crippen LogP contribution in [0.2, 0.25) is 0 Å². The topological polar surface area (TPSA) is 46.9 Å². The first-order valence-corrected chi connectivity index (χ1v) is 9.54. The summed E-state index contributed by atoms with van der Waals surface area (Å²) in [7, 11) is 0. The highest BCUT2D eigenvalue weighted by Gasteiger charge is 2.48. The summed E-state index contributed by atoms with van der Waals surface area (Å²) in [5.74, 6) is 0. The number of hydrogen-bond donors (Lipinski definition) is 2. The molecule has 0 aromatic rings. The first-order valence-electron chi connectivity index (χ1n) is 9.54. The zero-order chi connectivity index (χ0) is 15.4. The zero-order valence-electron chi connectivity index (χ0n) is 14.1. The van der Waals surface area contributed by atoms with E-state index in [2.05, 4.69) is 9.80 Å². The summed E-state index contributed by atoms with van der Waals surface area (Å²) in [6, 6.07) is 0.529. The molecule has 2 saturated heterocycles. The van der Waals surface area contributed by atoms with Gasteiger partial charge in [-0.25, -0.2) is 0 Å². The molecule has 2 aliphatic heterocycles. The monoisotopic (exact) mass is 310 g/mol. The van der Waals surface area contributed by atoms with E-state index in [1.165, 1.54) is 64.5 Å². The van der Waals surface area contributed by atoms with E-state index in [9.17, 15) is 10.2 Å². The molecule has 3 aliphatic rings. The van der Waals surface area contributed by atoms with Crippen LogP contribution < -0.4 is 0 Å². The molecular weight excluding hydrogens is 276 g/mol. The van der Waals surface area contributed by atoms with E-state index in [4.69, 9.17) is 0 Å². The van der Waals surface area contributed by atoms with Crippen LogP contribution in [0.25, 0.3) is 0 Å². The van der Waals surface area contributed by atoms with Crippen molar-refractivity contribution in [3.63, 3.8) is 0 Å². The van der Waals surface area contributed by atoms with E-state index in [1.807, 2.05) is 0 Å². The predicted octanol–water partition coefficient (Wildman–Crippen LogP) is 1.99. The quantitative estimate of drug-likeness (QED) is 0.834.